The molecule has 1 aliphatic heterocycles. The Bertz CT molecular complexity index is 630. The molecule has 0 spiro atoms. The minimum Gasteiger partial charge on any atom is -0.481 e. The van der Waals surface area contributed by atoms with Gasteiger partial charge in [-0.15, -0.1) is 11.3 Å². The van der Waals surface area contributed by atoms with Gasteiger partial charge >= 0.3 is 0 Å². The summed E-state index contributed by atoms with van der Waals surface area (Å²) in [5.41, 5.74) is 1.52. The van der Waals surface area contributed by atoms with E-state index >= 15 is 0 Å². The van der Waals surface area contributed by atoms with Crippen molar-refractivity contribution in [3.8, 4) is 5.88 Å². The Morgan fingerprint density at radius 3 is 2.92 bits per heavy atom. The predicted molar refractivity (Wildman–Crippen MR) is 102 cm³/mol. The first-order chi connectivity index (χ1) is 12.2. The number of ether oxygens (including phenoxy) is 2. The lowest BCUT2D eigenvalue weighted by atomic mass is 9.83. The molecular formula is C20H28N2O2S. The molecule has 0 bridgehead atoms. The Kier molecular flexibility index (Phi) is 6.45. The molecule has 1 fully saturated rings. The quantitative estimate of drug-likeness (QED) is 0.677. The van der Waals surface area contributed by atoms with Gasteiger partial charge in [0.1, 0.15) is 0 Å². The van der Waals surface area contributed by atoms with Crippen molar-refractivity contribution < 1.29 is 9.47 Å². The fraction of sp³-hybridized carbons (Fsp3) is 0.550. The van der Waals surface area contributed by atoms with Crippen LogP contribution in [0.3, 0.4) is 0 Å². The highest BCUT2D eigenvalue weighted by atomic mass is 32.1. The van der Waals surface area contributed by atoms with Crippen LogP contribution in [0.15, 0.2) is 35.8 Å². The van der Waals surface area contributed by atoms with Gasteiger partial charge in [0.2, 0.25) is 5.88 Å². The number of thiophene rings is 1. The van der Waals surface area contributed by atoms with Crippen LogP contribution in [0.1, 0.15) is 30.2 Å². The second-order valence-electron chi connectivity index (χ2n) is 6.89. The van der Waals surface area contributed by atoms with E-state index in [1.54, 1.807) is 7.11 Å². The monoisotopic (exact) mass is 360 g/mol. The molecule has 25 heavy (non-hydrogen) atoms. The molecule has 2 aromatic rings. The fourth-order valence-corrected chi connectivity index (χ4v) is 4.31. The summed E-state index contributed by atoms with van der Waals surface area (Å²) in [5, 5.41) is 2.17. The third-order valence-electron chi connectivity index (χ3n) is 5.02. The highest BCUT2D eigenvalue weighted by molar-refractivity contribution is 7.09. The molecule has 3 heterocycles. The zero-order valence-electron chi connectivity index (χ0n) is 15.2. The Balaban J connectivity index is 1.59. The second kappa shape index (κ2) is 8.79. The molecule has 1 aliphatic rings. The maximum absolute atomic E-state index is 5.87. The van der Waals surface area contributed by atoms with Crippen molar-refractivity contribution >= 4 is 11.3 Å². The average molecular weight is 361 g/mol. The maximum atomic E-state index is 5.87. The summed E-state index contributed by atoms with van der Waals surface area (Å²) in [6.07, 6.45) is 5.49. The van der Waals surface area contributed by atoms with E-state index in [4.69, 9.17) is 9.47 Å². The standard InChI is InChI=1S/C20H28N2O2S/c1-3-24-16-20(9-8-18-5-4-12-25-18)10-11-22(15-20)14-17-6-7-19(23-2)21-13-17/h4-7,12-13H,3,8-11,14-16H2,1-2H3. The van der Waals surface area contributed by atoms with Gasteiger partial charge in [-0.3, -0.25) is 4.90 Å². The van der Waals surface area contributed by atoms with Crippen LogP contribution in [0.5, 0.6) is 5.88 Å². The SMILES string of the molecule is CCOCC1(CCc2cccs2)CCN(Cc2ccc(OC)nc2)C1. The van der Waals surface area contributed by atoms with Crippen LogP contribution in [0.4, 0.5) is 0 Å². The summed E-state index contributed by atoms with van der Waals surface area (Å²) < 4.78 is 11.0. The highest BCUT2D eigenvalue weighted by Gasteiger charge is 2.38. The van der Waals surface area contributed by atoms with Crippen molar-refractivity contribution in [1.82, 2.24) is 9.88 Å². The molecule has 1 saturated heterocycles. The normalized spacial score (nSPS) is 20.9. The molecule has 4 nitrogen and oxygen atoms in total. The molecule has 1 unspecified atom stereocenters. The van der Waals surface area contributed by atoms with Crippen LogP contribution in [0.2, 0.25) is 0 Å². The molecule has 0 N–H and O–H groups in total. The van der Waals surface area contributed by atoms with E-state index in [-0.39, 0.29) is 5.41 Å². The molecule has 0 aromatic carbocycles. The number of hydrogen-bond donors (Lipinski definition) is 0. The first-order valence-corrected chi connectivity index (χ1v) is 9.92. The Hall–Kier alpha value is -1.43. The van der Waals surface area contributed by atoms with Gasteiger partial charge in [0.25, 0.3) is 0 Å². The summed E-state index contributed by atoms with van der Waals surface area (Å²) in [6.45, 7) is 6.93. The lowest BCUT2D eigenvalue weighted by molar-refractivity contribution is 0.0490. The number of aromatic nitrogens is 1. The molecule has 136 valence electrons. The third-order valence-corrected chi connectivity index (χ3v) is 5.96. The van der Waals surface area contributed by atoms with Gasteiger partial charge in [-0.1, -0.05) is 12.1 Å². The van der Waals surface area contributed by atoms with Crippen LogP contribution in [-0.2, 0) is 17.7 Å². The van der Waals surface area contributed by atoms with Crippen molar-refractivity contribution in [3.05, 3.63) is 46.3 Å². The number of aryl methyl sites for hydroxylation is 1. The van der Waals surface area contributed by atoms with Crippen molar-refractivity contribution in [2.24, 2.45) is 5.41 Å². The largest absolute Gasteiger partial charge is 0.481 e. The van der Waals surface area contributed by atoms with Crippen molar-refractivity contribution in [1.29, 1.82) is 0 Å². The zero-order chi connectivity index (χ0) is 17.5. The topological polar surface area (TPSA) is 34.6 Å². The van der Waals surface area contributed by atoms with E-state index in [1.807, 2.05) is 23.6 Å². The van der Waals surface area contributed by atoms with Gasteiger partial charge in [0.15, 0.2) is 0 Å². The smallest absolute Gasteiger partial charge is 0.212 e. The predicted octanol–water partition coefficient (Wildman–Crippen LogP) is 4.01. The first-order valence-electron chi connectivity index (χ1n) is 9.04. The molecular weight excluding hydrogens is 332 g/mol. The van der Waals surface area contributed by atoms with Gasteiger partial charge in [-0.2, -0.15) is 0 Å². The minimum atomic E-state index is 0.278. The molecule has 3 rings (SSSR count). The molecule has 2 aromatic heterocycles. The molecule has 0 saturated carbocycles. The number of methoxy groups -OCH3 is 1. The van der Waals surface area contributed by atoms with Crippen molar-refractivity contribution in [2.75, 3.05) is 33.4 Å². The summed E-state index contributed by atoms with van der Waals surface area (Å²) in [5.74, 6) is 0.673. The first kappa shape index (κ1) is 18.4. The minimum absolute atomic E-state index is 0.278. The Labute approximate surface area is 154 Å². The van der Waals surface area contributed by atoms with E-state index < -0.39 is 0 Å². The van der Waals surface area contributed by atoms with Crippen molar-refractivity contribution in [3.63, 3.8) is 0 Å². The van der Waals surface area contributed by atoms with Crippen LogP contribution in [0, 0.1) is 5.41 Å². The Morgan fingerprint density at radius 2 is 2.24 bits per heavy atom. The van der Waals surface area contributed by atoms with E-state index in [2.05, 4.69) is 40.4 Å². The molecule has 0 radical (unpaired) electrons. The Morgan fingerprint density at radius 1 is 1.32 bits per heavy atom. The lowest BCUT2D eigenvalue weighted by Gasteiger charge is -2.29. The van der Waals surface area contributed by atoms with E-state index in [0.717, 1.165) is 39.3 Å². The van der Waals surface area contributed by atoms with Gasteiger partial charge < -0.3 is 9.47 Å². The van der Waals surface area contributed by atoms with E-state index in [1.165, 1.54) is 23.3 Å². The third kappa shape index (κ3) is 5.03. The molecule has 0 aliphatic carbocycles. The summed E-state index contributed by atoms with van der Waals surface area (Å²) in [6, 6.07) is 8.44. The molecule has 5 heteroatoms. The van der Waals surface area contributed by atoms with Gasteiger partial charge in [0.05, 0.1) is 13.7 Å². The molecule has 0 amide bonds. The number of rotatable bonds is 9. The van der Waals surface area contributed by atoms with Gasteiger partial charge in [0, 0.05) is 42.3 Å². The van der Waals surface area contributed by atoms with Gasteiger partial charge in [-0.05, 0) is 49.7 Å². The van der Waals surface area contributed by atoms with Crippen LogP contribution in [0.25, 0.3) is 0 Å². The van der Waals surface area contributed by atoms with Crippen LogP contribution < -0.4 is 4.74 Å². The van der Waals surface area contributed by atoms with Gasteiger partial charge in [-0.25, -0.2) is 4.98 Å². The fourth-order valence-electron chi connectivity index (χ4n) is 3.60. The lowest BCUT2D eigenvalue weighted by Crippen LogP contribution is -2.32. The zero-order valence-corrected chi connectivity index (χ0v) is 16.1. The summed E-state index contributed by atoms with van der Waals surface area (Å²) in [7, 11) is 1.65. The number of hydrogen-bond acceptors (Lipinski definition) is 5. The second-order valence-corrected chi connectivity index (χ2v) is 7.92. The van der Waals surface area contributed by atoms with Crippen LogP contribution >= 0.6 is 11.3 Å². The summed E-state index contributed by atoms with van der Waals surface area (Å²) >= 11 is 1.86. The number of likely N-dealkylation sites (tertiary alicyclic amines) is 1. The number of nitrogens with zero attached hydrogens (tertiary/aromatic N) is 2. The average Bonchev–Trinajstić information content (AvgIpc) is 3.30. The van der Waals surface area contributed by atoms with Crippen molar-refractivity contribution in [2.45, 2.75) is 32.7 Å². The van der Waals surface area contributed by atoms with Crippen LogP contribution in [-0.4, -0.2) is 43.3 Å². The van der Waals surface area contributed by atoms with E-state index in [0.29, 0.717) is 5.88 Å². The highest BCUT2D eigenvalue weighted by Crippen LogP contribution is 2.37. The maximum Gasteiger partial charge on any atom is 0.212 e. The van der Waals surface area contributed by atoms with E-state index in [9.17, 15) is 0 Å². The molecule has 1 atom stereocenters. The summed E-state index contributed by atoms with van der Waals surface area (Å²) in [4.78, 5) is 8.34. The number of pyridine rings is 1.